The van der Waals surface area contributed by atoms with Gasteiger partial charge in [-0.1, -0.05) is 11.6 Å². The Hall–Kier alpha value is -2.55. The monoisotopic (exact) mass is 447 g/mol. The van der Waals surface area contributed by atoms with Gasteiger partial charge in [-0.2, -0.15) is 0 Å². The second-order valence-electron chi connectivity index (χ2n) is 7.28. The summed E-state index contributed by atoms with van der Waals surface area (Å²) in [7, 11) is -2.09. The fourth-order valence-electron chi connectivity index (χ4n) is 3.63. The predicted molar refractivity (Wildman–Crippen MR) is 116 cm³/mol. The Morgan fingerprint density at radius 3 is 2.50 bits per heavy atom. The highest BCUT2D eigenvalue weighted by molar-refractivity contribution is 7.89. The summed E-state index contributed by atoms with van der Waals surface area (Å²) in [6, 6.07) is 13.3. The van der Waals surface area contributed by atoms with E-state index in [9.17, 15) is 13.2 Å². The van der Waals surface area contributed by atoms with Crippen molar-refractivity contribution in [3.8, 4) is 5.75 Å². The van der Waals surface area contributed by atoms with Gasteiger partial charge in [0.25, 0.3) is 5.91 Å². The number of fused-ring (bicyclic) bond motifs is 1. The van der Waals surface area contributed by atoms with Crippen LogP contribution in [0.5, 0.6) is 5.75 Å². The minimum atomic E-state index is -3.62. The molecule has 30 heavy (non-hydrogen) atoms. The predicted octanol–water partition coefficient (Wildman–Crippen LogP) is 3.41. The van der Waals surface area contributed by atoms with Gasteiger partial charge < -0.3 is 14.6 Å². The molecule has 9 heteroatoms. The lowest BCUT2D eigenvalue weighted by Crippen LogP contribution is -2.46. The number of hydrogen-bond donors (Lipinski definition) is 2. The van der Waals surface area contributed by atoms with E-state index in [4.69, 9.17) is 16.3 Å². The molecule has 2 heterocycles. The number of piperidine rings is 1. The van der Waals surface area contributed by atoms with Crippen LogP contribution in [-0.4, -0.2) is 50.5 Å². The molecule has 158 valence electrons. The molecule has 1 aliphatic heterocycles. The van der Waals surface area contributed by atoms with Gasteiger partial charge in [0.15, 0.2) is 0 Å². The van der Waals surface area contributed by atoms with Crippen molar-refractivity contribution in [2.24, 2.45) is 0 Å². The maximum absolute atomic E-state index is 12.8. The number of nitrogens with zero attached hydrogens (tertiary/aromatic N) is 1. The van der Waals surface area contributed by atoms with Crippen LogP contribution in [0.2, 0.25) is 5.02 Å². The molecule has 0 saturated carbocycles. The molecule has 1 aromatic heterocycles. The molecule has 0 spiro atoms. The standard InChI is InChI=1S/C21H22ClN3O4S/c1-29-17-3-5-18(6-4-17)30(27,28)24-16-8-10-25(11-9-16)21(26)20-13-14-12-15(22)2-7-19(14)23-20/h2-7,12-13,16,23-24H,8-11H2,1H3. The summed E-state index contributed by atoms with van der Waals surface area (Å²) in [5.74, 6) is 0.499. The van der Waals surface area contributed by atoms with Gasteiger partial charge in [0.1, 0.15) is 11.4 Å². The SMILES string of the molecule is COc1ccc(S(=O)(=O)NC2CCN(C(=O)c3cc4cc(Cl)ccc4[nH]3)CC2)cc1. The number of carbonyl (C=O) groups is 1. The van der Waals surface area contributed by atoms with Crippen LogP contribution in [0.3, 0.4) is 0 Å². The Morgan fingerprint density at radius 2 is 1.83 bits per heavy atom. The first-order chi connectivity index (χ1) is 14.4. The first-order valence-corrected chi connectivity index (χ1v) is 11.5. The highest BCUT2D eigenvalue weighted by atomic mass is 35.5. The fourth-order valence-corrected chi connectivity index (χ4v) is 5.12. The maximum atomic E-state index is 12.8. The molecule has 2 N–H and O–H groups in total. The smallest absolute Gasteiger partial charge is 0.270 e. The number of ether oxygens (including phenoxy) is 1. The Morgan fingerprint density at radius 1 is 1.13 bits per heavy atom. The van der Waals surface area contributed by atoms with E-state index < -0.39 is 10.0 Å². The summed E-state index contributed by atoms with van der Waals surface area (Å²) < 4.78 is 33.0. The zero-order chi connectivity index (χ0) is 21.3. The zero-order valence-corrected chi connectivity index (χ0v) is 18.0. The number of likely N-dealkylation sites (tertiary alicyclic amines) is 1. The molecule has 1 aliphatic rings. The average molecular weight is 448 g/mol. The summed E-state index contributed by atoms with van der Waals surface area (Å²) in [6.07, 6.45) is 1.10. The van der Waals surface area contributed by atoms with Gasteiger partial charge in [0, 0.05) is 35.1 Å². The molecule has 0 aliphatic carbocycles. The Labute approximate surface area is 180 Å². The average Bonchev–Trinajstić information content (AvgIpc) is 3.17. The molecule has 0 radical (unpaired) electrons. The van der Waals surface area contributed by atoms with E-state index >= 15 is 0 Å². The van der Waals surface area contributed by atoms with Crippen LogP contribution in [0.1, 0.15) is 23.3 Å². The summed E-state index contributed by atoms with van der Waals surface area (Å²) in [6.45, 7) is 0.954. The van der Waals surface area contributed by atoms with E-state index in [1.165, 1.54) is 19.2 Å². The van der Waals surface area contributed by atoms with Crippen molar-refractivity contribution in [1.29, 1.82) is 0 Å². The van der Waals surface area contributed by atoms with Crippen molar-refractivity contribution >= 4 is 38.4 Å². The van der Waals surface area contributed by atoms with E-state index in [2.05, 4.69) is 9.71 Å². The lowest BCUT2D eigenvalue weighted by atomic mass is 10.1. The number of rotatable bonds is 5. The normalized spacial score (nSPS) is 15.5. The van der Waals surface area contributed by atoms with E-state index in [0.717, 1.165) is 10.9 Å². The summed E-state index contributed by atoms with van der Waals surface area (Å²) in [5.41, 5.74) is 1.36. The number of nitrogens with one attached hydrogen (secondary N) is 2. The highest BCUT2D eigenvalue weighted by Gasteiger charge is 2.27. The Kier molecular flexibility index (Phi) is 5.73. The summed E-state index contributed by atoms with van der Waals surface area (Å²) >= 11 is 6.01. The first kappa shape index (κ1) is 20.7. The fraction of sp³-hybridized carbons (Fsp3) is 0.286. The van der Waals surface area contributed by atoms with Crippen molar-refractivity contribution in [2.45, 2.75) is 23.8 Å². The van der Waals surface area contributed by atoms with Gasteiger partial charge in [-0.25, -0.2) is 13.1 Å². The Bertz CT molecular complexity index is 1170. The highest BCUT2D eigenvalue weighted by Crippen LogP contribution is 2.23. The van der Waals surface area contributed by atoms with Crippen molar-refractivity contribution < 1.29 is 17.9 Å². The van der Waals surface area contributed by atoms with E-state index in [-0.39, 0.29) is 16.8 Å². The van der Waals surface area contributed by atoms with Gasteiger partial charge in [-0.3, -0.25) is 4.79 Å². The second-order valence-corrected chi connectivity index (χ2v) is 9.43. The molecule has 0 unspecified atom stereocenters. The van der Waals surface area contributed by atoms with Crippen LogP contribution in [-0.2, 0) is 10.0 Å². The van der Waals surface area contributed by atoms with Gasteiger partial charge in [-0.05, 0) is 61.4 Å². The number of aromatic nitrogens is 1. The molecule has 0 atom stereocenters. The minimum Gasteiger partial charge on any atom is -0.497 e. The van der Waals surface area contributed by atoms with Gasteiger partial charge in [0.05, 0.1) is 12.0 Å². The van der Waals surface area contributed by atoms with Crippen LogP contribution >= 0.6 is 11.6 Å². The van der Waals surface area contributed by atoms with Gasteiger partial charge in [0.2, 0.25) is 10.0 Å². The van der Waals surface area contributed by atoms with Crippen molar-refractivity contribution in [1.82, 2.24) is 14.6 Å². The summed E-state index contributed by atoms with van der Waals surface area (Å²) in [4.78, 5) is 17.9. The largest absolute Gasteiger partial charge is 0.497 e. The van der Waals surface area contributed by atoms with Crippen molar-refractivity contribution in [3.63, 3.8) is 0 Å². The molecular weight excluding hydrogens is 426 g/mol. The third kappa shape index (κ3) is 4.30. The quantitative estimate of drug-likeness (QED) is 0.627. The molecule has 2 aromatic carbocycles. The van der Waals surface area contributed by atoms with Crippen LogP contribution in [0, 0.1) is 0 Å². The minimum absolute atomic E-state index is 0.0983. The number of halogens is 1. The molecule has 1 amide bonds. The lowest BCUT2D eigenvalue weighted by molar-refractivity contribution is 0.0706. The molecule has 1 saturated heterocycles. The van der Waals surface area contributed by atoms with Gasteiger partial charge in [-0.15, -0.1) is 0 Å². The van der Waals surface area contributed by atoms with Gasteiger partial charge >= 0.3 is 0 Å². The third-order valence-corrected chi connectivity index (χ3v) is 7.06. The molecule has 3 aromatic rings. The van der Waals surface area contributed by atoms with E-state index in [0.29, 0.717) is 42.4 Å². The number of hydrogen-bond acceptors (Lipinski definition) is 4. The number of aromatic amines is 1. The van der Waals surface area contributed by atoms with Crippen LogP contribution in [0.15, 0.2) is 53.4 Å². The van der Waals surface area contributed by atoms with Crippen LogP contribution in [0.4, 0.5) is 0 Å². The third-order valence-electron chi connectivity index (χ3n) is 5.29. The molecule has 7 nitrogen and oxygen atoms in total. The topological polar surface area (TPSA) is 91.5 Å². The van der Waals surface area contributed by atoms with Crippen LogP contribution in [0.25, 0.3) is 10.9 Å². The number of benzene rings is 2. The number of carbonyl (C=O) groups excluding carboxylic acids is 1. The maximum Gasteiger partial charge on any atom is 0.270 e. The van der Waals surface area contributed by atoms with Crippen molar-refractivity contribution in [2.75, 3.05) is 20.2 Å². The number of amides is 1. The van der Waals surface area contributed by atoms with Crippen LogP contribution < -0.4 is 9.46 Å². The zero-order valence-electron chi connectivity index (χ0n) is 16.4. The first-order valence-electron chi connectivity index (χ1n) is 9.60. The summed E-state index contributed by atoms with van der Waals surface area (Å²) in [5, 5.41) is 1.50. The molecule has 4 rings (SSSR count). The lowest BCUT2D eigenvalue weighted by Gasteiger charge is -2.32. The molecule has 0 bridgehead atoms. The second kappa shape index (κ2) is 8.29. The van der Waals surface area contributed by atoms with Crippen molar-refractivity contribution in [3.05, 3.63) is 59.2 Å². The number of methoxy groups -OCH3 is 1. The number of sulfonamides is 1. The Balaban J connectivity index is 1.38. The van der Waals surface area contributed by atoms with E-state index in [1.807, 2.05) is 12.1 Å². The molecular formula is C21H22ClN3O4S. The number of H-pyrrole nitrogens is 1. The van der Waals surface area contributed by atoms with E-state index in [1.54, 1.807) is 29.2 Å². The molecule has 1 fully saturated rings.